The van der Waals surface area contributed by atoms with Gasteiger partial charge in [-0.3, -0.25) is 10.0 Å². The number of nitrogens with one attached hydrogen (secondary N) is 1. The van der Waals surface area contributed by atoms with E-state index in [0.29, 0.717) is 45.6 Å². The topological polar surface area (TPSA) is 91.9 Å². The van der Waals surface area contributed by atoms with Crippen LogP contribution in [0, 0.1) is 5.92 Å². The summed E-state index contributed by atoms with van der Waals surface area (Å²) in [6, 6.07) is 34.0. The summed E-state index contributed by atoms with van der Waals surface area (Å²) in [5.41, 5.74) is 6.44. The highest BCUT2D eigenvalue weighted by molar-refractivity contribution is 6.08. The van der Waals surface area contributed by atoms with E-state index < -0.39 is 6.10 Å². The fraction of sp³-hybridized carbons (Fsp3) is 0.306. The molecule has 0 spiro atoms. The lowest BCUT2D eigenvalue weighted by Gasteiger charge is -2.32. The van der Waals surface area contributed by atoms with Crippen LogP contribution in [0.3, 0.4) is 0 Å². The number of ether oxygens (including phenoxy) is 1. The lowest BCUT2D eigenvalue weighted by molar-refractivity contribution is -0.135. The summed E-state index contributed by atoms with van der Waals surface area (Å²) >= 11 is 0. The molecule has 1 aliphatic rings. The van der Waals surface area contributed by atoms with Gasteiger partial charge in [-0.15, -0.1) is 0 Å². The van der Waals surface area contributed by atoms with Gasteiger partial charge in [0.15, 0.2) is 0 Å². The molecule has 3 heterocycles. The largest absolute Gasteiger partial charge is 0.389 e. The van der Waals surface area contributed by atoms with Crippen molar-refractivity contribution in [3.05, 3.63) is 97.1 Å². The molecular weight excluding hydrogens is 552 g/mol. The van der Waals surface area contributed by atoms with Crippen LogP contribution in [0.15, 0.2) is 97.1 Å². The van der Waals surface area contributed by atoms with Crippen LogP contribution in [0.5, 0.6) is 0 Å². The Balaban J connectivity index is 1.17. The zero-order valence-corrected chi connectivity index (χ0v) is 24.7. The number of benzene rings is 4. The molecule has 0 aliphatic carbocycles. The van der Waals surface area contributed by atoms with Gasteiger partial charge in [0, 0.05) is 56.1 Å². The lowest BCUT2D eigenvalue weighted by Crippen LogP contribution is -2.43. The van der Waals surface area contributed by atoms with Crippen molar-refractivity contribution in [2.24, 2.45) is 5.92 Å². The molecule has 1 unspecified atom stereocenters. The number of aliphatic hydroxyl groups excluding tert-OH is 1. The highest BCUT2D eigenvalue weighted by Crippen LogP contribution is 2.32. The number of amides is 1. The molecule has 4 aromatic carbocycles. The fourth-order valence-corrected chi connectivity index (χ4v) is 7.04. The molecule has 0 radical (unpaired) electrons. The quantitative estimate of drug-likeness (QED) is 0.143. The van der Waals surface area contributed by atoms with Gasteiger partial charge in [0.05, 0.1) is 31.9 Å². The maximum Gasteiger partial charge on any atom is 0.246 e. The summed E-state index contributed by atoms with van der Waals surface area (Å²) in [6.07, 6.45) is 0.424. The minimum absolute atomic E-state index is 0.188. The summed E-state index contributed by atoms with van der Waals surface area (Å²) in [4.78, 5) is 14.0. The van der Waals surface area contributed by atoms with Crippen molar-refractivity contribution in [1.82, 2.24) is 19.5 Å². The molecule has 1 aliphatic heterocycles. The van der Waals surface area contributed by atoms with E-state index in [1.165, 1.54) is 43.6 Å². The van der Waals surface area contributed by atoms with E-state index in [-0.39, 0.29) is 24.5 Å². The van der Waals surface area contributed by atoms with Gasteiger partial charge in [-0.1, -0.05) is 72.8 Å². The number of hydroxylamine groups is 1. The molecule has 6 aromatic rings. The number of aliphatic hydroxyl groups is 1. The Morgan fingerprint density at radius 1 is 0.705 bits per heavy atom. The second kappa shape index (κ2) is 12.4. The minimum Gasteiger partial charge on any atom is -0.389 e. The average Bonchev–Trinajstić information content (AvgIpc) is 3.56. The minimum atomic E-state index is -0.669. The van der Waals surface area contributed by atoms with Gasteiger partial charge in [-0.25, -0.2) is 5.48 Å². The molecule has 0 saturated carbocycles. The van der Waals surface area contributed by atoms with Crippen LogP contribution in [0.4, 0.5) is 0 Å². The van der Waals surface area contributed by atoms with Crippen LogP contribution in [0.25, 0.3) is 43.6 Å². The SMILES string of the molecule is O=C(NO)C1CCN(CC(O)COC(Cn2c3ccccc3c3ccccc32)Cn2c3ccccc3c3ccccc32)CC1. The number of piperidine rings is 1. The zero-order chi connectivity index (χ0) is 30.0. The van der Waals surface area contributed by atoms with E-state index in [1.807, 2.05) is 0 Å². The van der Waals surface area contributed by atoms with Crippen LogP contribution >= 0.6 is 0 Å². The maximum absolute atomic E-state index is 11.8. The van der Waals surface area contributed by atoms with E-state index >= 15 is 0 Å². The smallest absolute Gasteiger partial charge is 0.246 e. The fourth-order valence-electron chi connectivity index (χ4n) is 7.04. The zero-order valence-electron chi connectivity index (χ0n) is 24.7. The number of likely N-dealkylation sites (tertiary alicyclic amines) is 1. The normalized spacial score (nSPS) is 15.6. The Hall–Kier alpha value is -4.21. The third-order valence-corrected chi connectivity index (χ3v) is 9.19. The number of β-amino-alcohol motifs (C(OH)–C–C–N with tert-alkyl or cyclic N) is 1. The van der Waals surface area contributed by atoms with Gasteiger partial charge < -0.3 is 23.9 Å². The monoisotopic (exact) mass is 590 g/mol. The molecule has 8 nitrogen and oxygen atoms in total. The number of hydrogen-bond donors (Lipinski definition) is 3. The molecule has 2 aromatic heterocycles. The average molecular weight is 591 g/mol. The van der Waals surface area contributed by atoms with Crippen molar-refractivity contribution in [2.45, 2.75) is 38.1 Å². The number of nitrogens with zero attached hydrogens (tertiary/aromatic N) is 3. The van der Waals surface area contributed by atoms with Crippen molar-refractivity contribution < 1.29 is 19.8 Å². The Morgan fingerprint density at radius 3 is 1.52 bits per heavy atom. The van der Waals surface area contributed by atoms with E-state index in [9.17, 15) is 9.90 Å². The predicted molar refractivity (Wildman–Crippen MR) is 174 cm³/mol. The molecule has 8 heteroatoms. The number of rotatable bonds is 10. The van der Waals surface area contributed by atoms with Crippen molar-refractivity contribution in [3.8, 4) is 0 Å². The molecule has 1 fully saturated rings. The second-order valence-corrected chi connectivity index (χ2v) is 11.9. The molecule has 0 bridgehead atoms. The summed E-state index contributed by atoms with van der Waals surface area (Å²) in [6.45, 7) is 3.33. The van der Waals surface area contributed by atoms with Crippen LogP contribution < -0.4 is 5.48 Å². The summed E-state index contributed by atoms with van der Waals surface area (Å²) in [5, 5.41) is 25.0. The Morgan fingerprint density at radius 2 is 1.11 bits per heavy atom. The first-order valence-electron chi connectivity index (χ1n) is 15.5. The van der Waals surface area contributed by atoms with Gasteiger partial charge in [0.1, 0.15) is 0 Å². The highest BCUT2D eigenvalue weighted by atomic mass is 16.5. The lowest BCUT2D eigenvalue weighted by atomic mass is 9.96. The molecule has 1 saturated heterocycles. The summed E-state index contributed by atoms with van der Waals surface area (Å²) in [5.74, 6) is -0.516. The van der Waals surface area contributed by atoms with Gasteiger partial charge in [0.25, 0.3) is 0 Å². The molecule has 7 rings (SSSR count). The second-order valence-electron chi connectivity index (χ2n) is 11.9. The molecular formula is C36H38N4O4. The first kappa shape index (κ1) is 28.6. The van der Waals surface area contributed by atoms with Crippen molar-refractivity contribution in [2.75, 3.05) is 26.2 Å². The van der Waals surface area contributed by atoms with Gasteiger partial charge >= 0.3 is 0 Å². The van der Waals surface area contributed by atoms with Crippen molar-refractivity contribution in [1.29, 1.82) is 0 Å². The summed E-state index contributed by atoms with van der Waals surface area (Å²) < 4.78 is 11.4. The van der Waals surface area contributed by atoms with Gasteiger partial charge in [-0.05, 0) is 50.2 Å². The Bertz CT molecular complexity index is 1700. The highest BCUT2D eigenvalue weighted by Gasteiger charge is 2.26. The van der Waals surface area contributed by atoms with Crippen LogP contribution in [-0.4, -0.2) is 68.7 Å². The third-order valence-electron chi connectivity index (χ3n) is 9.19. The first-order chi connectivity index (χ1) is 21.6. The van der Waals surface area contributed by atoms with Crippen LogP contribution in [0.1, 0.15) is 12.8 Å². The molecule has 44 heavy (non-hydrogen) atoms. The van der Waals surface area contributed by atoms with Crippen molar-refractivity contribution >= 4 is 49.5 Å². The van der Waals surface area contributed by atoms with Gasteiger partial charge in [0.2, 0.25) is 5.91 Å². The Labute approximate surface area is 256 Å². The van der Waals surface area contributed by atoms with E-state index in [2.05, 4.69) is 111 Å². The number of aromatic nitrogens is 2. The number of carbonyl (C=O) groups is 1. The number of fused-ring (bicyclic) bond motifs is 6. The predicted octanol–water partition coefficient (Wildman–Crippen LogP) is 5.57. The Kier molecular flexibility index (Phi) is 8.06. The molecule has 1 amide bonds. The molecule has 3 N–H and O–H groups in total. The van der Waals surface area contributed by atoms with Gasteiger partial charge in [-0.2, -0.15) is 0 Å². The maximum atomic E-state index is 11.8. The van der Waals surface area contributed by atoms with E-state index in [1.54, 1.807) is 5.48 Å². The van der Waals surface area contributed by atoms with E-state index in [4.69, 9.17) is 9.94 Å². The van der Waals surface area contributed by atoms with Crippen LogP contribution in [-0.2, 0) is 22.6 Å². The molecule has 226 valence electrons. The number of hydrogen-bond acceptors (Lipinski definition) is 5. The van der Waals surface area contributed by atoms with E-state index in [0.717, 1.165) is 0 Å². The summed E-state index contributed by atoms with van der Waals surface area (Å²) in [7, 11) is 0. The third kappa shape index (κ3) is 5.46. The first-order valence-corrected chi connectivity index (χ1v) is 15.5. The van der Waals surface area contributed by atoms with Crippen molar-refractivity contribution in [3.63, 3.8) is 0 Å². The number of carbonyl (C=O) groups excluding carboxylic acids is 1. The van der Waals surface area contributed by atoms with Crippen LogP contribution in [0.2, 0.25) is 0 Å². The molecule has 1 atom stereocenters. The number of para-hydroxylation sites is 4. The standard InChI is InChI=1S/C36H38N4O4/c41-26(21-38-19-17-25(18-20-38)36(42)37-43)24-44-27(22-39-32-13-5-1-9-28(32)29-10-2-6-14-33(29)39)23-40-34-15-7-3-11-30(34)31-12-4-8-16-35(31)40/h1-16,25-27,41,43H,17-24H2,(H,37,42).